The minimum atomic E-state index is -0.861. The molecule has 0 radical (unpaired) electrons. The lowest BCUT2D eigenvalue weighted by atomic mass is 10.0. The Morgan fingerprint density at radius 2 is 1.14 bits per heavy atom. The summed E-state index contributed by atoms with van der Waals surface area (Å²) >= 11 is 6.78. The third kappa shape index (κ3) is 5.66. The van der Waals surface area contributed by atoms with E-state index in [1.807, 2.05) is 12.1 Å². The molecule has 0 spiro atoms. The molecule has 0 saturated carbocycles. The first kappa shape index (κ1) is 22.0. The van der Waals surface area contributed by atoms with Crippen LogP contribution in [0, 0.1) is 0 Å². The topological polar surface area (TPSA) is 71.1 Å². The Bertz CT molecular complexity index is 734. The number of alkyl halides is 2. The third-order valence-corrected chi connectivity index (χ3v) is 5.71. The van der Waals surface area contributed by atoms with E-state index >= 15 is 0 Å². The molecular formula is C21H20Br2O6. The molecule has 29 heavy (non-hydrogen) atoms. The first-order valence-electron chi connectivity index (χ1n) is 9.01. The van der Waals surface area contributed by atoms with Crippen LogP contribution >= 0.6 is 31.9 Å². The van der Waals surface area contributed by atoms with Crippen molar-refractivity contribution in [2.75, 3.05) is 17.5 Å². The van der Waals surface area contributed by atoms with Gasteiger partial charge in [0.15, 0.2) is 12.2 Å². The highest BCUT2D eigenvalue weighted by molar-refractivity contribution is 9.09. The van der Waals surface area contributed by atoms with Gasteiger partial charge in [-0.05, 0) is 24.3 Å². The Labute approximate surface area is 185 Å². The van der Waals surface area contributed by atoms with Crippen molar-refractivity contribution in [3.63, 3.8) is 0 Å². The molecule has 1 heterocycles. The molecule has 154 valence electrons. The molecule has 1 fully saturated rings. The quantitative estimate of drug-likeness (QED) is 0.418. The molecule has 0 bridgehead atoms. The highest BCUT2D eigenvalue weighted by Crippen LogP contribution is 2.26. The molecular weight excluding hydrogens is 508 g/mol. The summed E-state index contributed by atoms with van der Waals surface area (Å²) in [5, 5.41) is 0.745. The molecule has 2 aromatic rings. The van der Waals surface area contributed by atoms with Crippen LogP contribution in [0.2, 0.25) is 0 Å². The van der Waals surface area contributed by atoms with Crippen LogP contribution in [0.15, 0.2) is 60.7 Å². The molecule has 0 aromatic heterocycles. The Kier molecular flexibility index (Phi) is 8.23. The second-order valence-corrected chi connectivity index (χ2v) is 7.60. The van der Waals surface area contributed by atoms with Gasteiger partial charge in [0.05, 0.1) is 11.1 Å². The summed E-state index contributed by atoms with van der Waals surface area (Å²) in [5.41, 5.74) is 0.795. The van der Waals surface area contributed by atoms with E-state index < -0.39 is 36.4 Å². The molecule has 1 aliphatic rings. The molecule has 0 N–H and O–H groups in total. The Morgan fingerprint density at radius 1 is 0.759 bits per heavy atom. The minimum Gasteiger partial charge on any atom is -0.452 e. The number of ether oxygens (including phenoxy) is 4. The third-order valence-electron chi connectivity index (χ3n) is 4.43. The monoisotopic (exact) mass is 526 g/mol. The minimum absolute atomic E-state index is 0.00862. The number of carbonyl (C=O) groups excluding carboxylic acids is 2. The van der Waals surface area contributed by atoms with Gasteiger partial charge in [-0.2, -0.15) is 0 Å². The van der Waals surface area contributed by atoms with Crippen LogP contribution in [-0.4, -0.2) is 53.8 Å². The molecule has 2 aromatic carbocycles. The Hall–Kier alpha value is -1.74. The molecule has 6 nitrogen and oxygen atoms in total. The fraction of sp³-hybridized carbons (Fsp3) is 0.333. The van der Waals surface area contributed by atoms with Gasteiger partial charge in [0, 0.05) is 10.7 Å². The van der Waals surface area contributed by atoms with E-state index in [0.29, 0.717) is 21.8 Å². The van der Waals surface area contributed by atoms with Crippen LogP contribution < -0.4 is 0 Å². The second-order valence-electron chi connectivity index (χ2n) is 6.31. The van der Waals surface area contributed by atoms with Gasteiger partial charge in [0.25, 0.3) is 0 Å². The largest absolute Gasteiger partial charge is 0.452 e. The van der Waals surface area contributed by atoms with Crippen molar-refractivity contribution in [2.45, 2.75) is 24.4 Å². The maximum atomic E-state index is 12.7. The van der Waals surface area contributed by atoms with Crippen molar-refractivity contribution < 1.29 is 28.5 Å². The van der Waals surface area contributed by atoms with Gasteiger partial charge >= 0.3 is 11.9 Å². The van der Waals surface area contributed by atoms with Gasteiger partial charge < -0.3 is 18.9 Å². The normalized spacial score (nSPS) is 24.3. The number of esters is 2. The van der Waals surface area contributed by atoms with Crippen LogP contribution in [-0.2, 0) is 18.9 Å². The first-order valence-corrected chi connectivity index (χ1v) is 11.3. The van der Waals surface area contributed by atoms with Crippen molar-refractivity contribution in [2.24, 2.45) is 0 Å². The summed E-state index contributed by atoms with van der Waals surface area (Å²) in [6.45, 7) is -0.00862. The zero-order chi connectivity index (χ0) is 20.6. The van der Waals surface area contributed by atoms with E-state index in [-0.39, 0.29) is 6.79 Å². The number of hydrogen-bond acceptors (Lipinski definition) is 6. The standard InChI is InChI=1S/C21H20Br2O6/c22-11-16-18(28-20(24)14-7-3-1-4-8-14)19(17(12-23)27-13-26-16)29-21(25)15-9-5-2-6-10-15/h1-10,16-19H,11-13H2/t16-,17-,18-,19-/m1/s1. The first-order chi connectivity index (χ1) is 14.1. The zero-order valence-corrected chi connectivity index (χ0v) is 18.6. The highest BCUT2D eigenvalue weighted by atomic mass is 79.9. The number of benzene rings is 2. The Morgan fingerprint density at radius 3 is 1.48 bits per heavy atom. The molecule has 1 saturated heterocycles. The zero-order valence-electron chi connectivity index (χ0n) is 15.4. The van der Waals surface area contributed by atoms with Crippen molar-refractivity contribution in [3.8, 4) is 0 Å². The average molecular weight is 528 g/mol. The summed E-state index contributed by atoms with van der Waals surface area (Å²) in [4.78, 5) is 25.4. The molecule has 0 aliphatic carbocycles. The highest BCUT2D eigenvalue weighted by Gasteiger charge is 2.43. The van der Waals surface area contributed by atoms with Crippen molar-refractivity contribution >= 4 is 43.8 Å². The van der Waals surface area contributed by atoms with Crippen LogP contribution in [0.3, 0.4) is 0 Å². The SMILES string of the molecule is O=C(O[C@H]1[C@H](OC(=O)c2ccccc2)[C@@H](CBr)OCO[C@@H]1CBr)c1ccccc1. The molecule has 0 unspecified atom stereocenters. The molecule has 3 rings (SSSR count). The summed E-state index contributed by atoms with van der Waals surface area (Å²) in [5.74, 6) is -1.05. The van der Waals surface area contributed by atoms with Crippen molar-refractivity contribution in [3.05, 3.63) is 71.8 Å². The van der Waals surface area contributed by atoms with Crippen molar-refractivity contribution in [1.82, 2.24) is 0 Å². The smallest absolute Gasteiger partial charge is 0.338 e. The van der Waals surface area contributed by atoms with Crippen LogP contribution in [0.4, 0.5) is 0 Å². The average Bonchev–Trinajstić information content (AvgIpc) is 2.93. The van der Waals surface area contributed by atoms with Gasteiger partial charge in [0.1, 0.15) is 19.0 Å². The molecule has 1 aliphatic heterocycles. The second kappa shape index (κ2) is 10.9. The van der Waals surface area contributed by atoms with Gasteiger partial charge in [-0.25, -0.2) is 9.59 Å². The van der Waals surface area contributed by atoms with Gasteiger partial charge in [-0.3, -0.25) is 0 Å². The predicted octanol–water partition coefficient (Wildman–Crippen LogP) is 3.97. The van der Waals surface area contributed by atoms with Crippen molar-refractivity contribution in [1.29, 1.82) is 0 Å². The lowest BCUT2D eigenvalue weighted by Gasteiger charge is -2.31. The van der Waals surface area contributed by atoms with E-state index in [0.717, 1.165) is 0 Å². The predicted molar refractivity (Wildman–Crippen MR) is 113 cm³/mol. The van der Waals surface area contributed by atoms with E-state index in [1.165, 1.54) is 0 Å². The van der Waals surface area contributed by atoms with Crippen LogP contribution in [0.25, 0.3) is 0 Å². The molecule has 4 atom stereocenters. The number of hydrogen-bond donors (Lipinski definition) is 0. The van der Waals surface area contributed by atoms with Crippen LogP contribution in [0.1, 0.15) is 20.7 Å². The summed E-state index contributed by atoms with van der Waals surface area (Å²) < 4.78 is 22.9. The van der Waals surface area contributed by atoms with Crippen LogP contribution in [0.5, 0.6) is 0 Å². The van der Waals surface area contributed by atoms with E-state index in [1.54, 1.807) is 48.5 Å². The summed E-state index contributed by atoms with van der Waals surface area (Å²) in [6.07, 6.45) is -2.83. The van der Waals surface area contributed by atoms with Gasteiger partial charge in [-0.15, -0.1) is 0 Å². The van der Waals surface area contributed by atoms with E-state index in [2.05, 4.69) is 31.9 Å². The van der Waals surface area contributed by atoms with Gasteiger partial charge in [0.2, 0.25) is 0 Å². The fourth-order valence-electron chi connectivity index (χ4n) is 2.91. The maximum Gasteiger partial charge on any atom is 0.338 e. The number of carbonyl (C=O) groups is 2. The van der Waals surface area contributed by atoms with E-state index in [9.17, 15) is 9.59 Å². The lowest BCUT2D eigenvalue weighted by molar-refractivity contribution is -0.0951. The summed E-state index contributed by atoms with van der Waals surface area (Å²) in [7, 11) is 0. The van der Waals surface area contributed by atoms with E-state index in [4.69, 9.17) is 18.9 Å². The Balaban J connectivity index is 1.87. The number of halogens is 2. The fourth-order valence-corrected chi connectivity index (χ4v) is 4.02. The number of rotatable bonds is 6. The summed E-state index contributed by atoms with van der Waals surface area (Å²) in [6, 6.07) is 17.3. The van der Waals surface area contributed by atoms with Gasteiger partial charge in [-0.1, -0.05) is 68.3 Å². The molecule has 8 heteroatoms. The molecule has 0 amide bonds. The lowest BCUT2D eigenvalue weighted by Crippen LogP contribution is -2.49. The maximum absolute atomic E-state index is 12.7.